The summed E-state index contributed by atoms with van der Waals surface area (Å²) in [6.07, 6.45) is 3.06. The maximum Gasteiger partial charge on any atom is 0.336 e. The molecule has 23 heavy (non-hydrogen) atoms. The monoisotopic (exact) mass is 342 g/mol. The third kappa shape index (κ3) is 3.73. The molecule has 0 bridgehead atoms. The summed E-state index contributed by atoms with van der Waals surface area (Å²) in [5, 5.41) is 2.92. The van der Waals surface area contributed by atoms with Crippen LogP contribution in [-0.4, -0.2) is 5.97 Å². The highest BCUT2D eigenvalue weighted by Crippen LogP contribution is 2.31. The van der Waals surface area contributed by atoms with E-state index < -0.39 is 5.97 Å². The lowest BCUT2D eigenvalue weighted by molar-refractivity contribution is -0.128. The molecular weight excluding hydrogens is 331 g/mol. The average Bonchev–Trinajstić information content (AvgIpc) is 2.57. The third-order valence-electron chi connectivity index (χ3n) is 3.32. The highest BCUT2D eigenvalue weighted by Gasteiger charge is 2.08. The Balaban J connectivity index is 1.81. The molecule has 0 atom stereocenters. The second-order valence-electron chi connectivity index (χ2n) is 4.90. The lowest BCUT2D eigenvalue weighted by Gasteiger charge is -2.07. The Morgan fingerprint density at radius 1 is 0.870 bits per heavy atom. The lowest BCUT2D eigenvalue weighted by atomic mass is 10.1. The molecule has 0 aromatic heterocycles. The van der Waals surface area contributed by atoms with Crippen LogP contribution in [0.3, 0.4) is 0 Å². The molecule has 0 heterocycles. The first-order chi connectivity index (χ1) is 11.1. The molecule has 0 N–H and O–H groups in total. The standard InChI is InChI=1S/C19H12Cl2O2/c20-14-8-5-13(6-9-14)7-12-19(22)23-18-11-10-17(21)15-3-1-2-4-16(15)18/h1-12H/b12-7+. The molecule has 4 heteroatoms. The number of carbonyl (C=O) groups excluding carboxylic acids is 1. The Labute approximate surface area is 143 Å². The SMILES string of the molecule is O=C(/C=C/c1ccc(Cl)cc1)Oc1ccc(Cl)c2ccccc12. The minimum absolute atomic E-state index is 0.451. The fourth-order valence-electron chi connectivity index (χ4n) is 2.20. The van der Waals surface area contributed by atoms with Gasteiger partial charge in [-0.15, -0.1) is 0 Å². The Hall–Kier alpha value is -2.29. The molecule has 0 saturated carbocycles. The fraction of sp³-hybridized carbons (Fsp3) is 0. The van der Waals surface area contributed by atoms with E-state index in [-0.39, 0.29) is 0 Å². The van der Waals surface area contributed by atoms with Crippen LogP contribution in [0.5, 0.6) is 5.75 Å². The summed E-state index contributed by atoms with van der Waals surface area (Å²) in [6, 6.07) is 18.1. The van der Waals surface area contributed by atoms with Gasteiger partial charge in [0.15, 0.2) is 0 Å². The third-order valence-corrected chi connectivity index (χ3v) is 3.90. The molecule has 114 valence electrons. The maximum atomic E-state index is 12.0. The van der Waals surface area contributed by atoms with Crippen molar-refractivity contribution in [2.24, 2.45) is 0 Å². The average molecular weight is 343 g/mol. The second-order valence-corrected chi connectivity index (χ2v) is 5.74. The molecule has 2 nitrogen and oxygen atoms in total. The molecular formula is C19H12Cl2O2. The zero-order chi connectivity index (χ0) is 16.2. The minimum atomic E-state index is -0.451. The van der Waals surface area contributed by atoms with Gasteiger partial charge in [-0.1, -0.05) is 59.6 Å². The van der Waals surface area contributed by atoms with E-state index in [1.165, 1.54) is 6.08 Å². The summed E-state index contributed by atoms with van der Waals surface area (Å²) in [7, 11) is 0. The zero-order valence-corrected chi connectivity index (χ0v) is 13.5. The topological polar surface area (TPSA) is 26.3 Å². The van der Waals surface area contributed by atoms with Crippen LogP contribution in [0.2, 0.25) is 10.0 Å². The van der Waals surface area contributed by atoms with Gasteiger partial charge in [0.2, 0.25) is 0 Å². The van der Waals surface area contributed by atoms with Crippen LogP contribution in [0.1, 0.15) is 5.56 Å². The highest BCUT2D eigenvalue weighted by molar-refractivity contribution is 6.35. The van der Waals surface area contributed by atoms with Crippen LogP contribution >= 0.6 is 23.2 Å². The summed E-state index contributed by atoms with van der Waals surface area (Å²) in [4.78, 5) is 12.0. The number of hydrogen-bond donors (Lipinski definition) is 0. The number of fused-ring (bicyclic) bond motifs is 1. The Kier molecular flexibility index (Phi) is 4.65. The van der Waals surface area contributed by atoms with E-state index in [0.717, 1.165) is 16.3 Å². The van der Waals surface area contributed by atoms with Gasteiger partial charge in [-0.25, -0.2) is 4.79 Å². The zero-order valence-electron chi connectivity index (χ0n) is 12.0. The quantitative estimate of drug-likeness (QED) is 0.343. The largest absolute Gasteiger partial charge is 0.423 e. The molecule has 0 radical (unpaired) electrons. The van der Waals surface area contributed by atoms with Crippen molar-refractivity contribution in [2.75, 3.05) is 0 Å². The van der Waals surface area contributed by atoms with Crippen LogP contribution in [0.4, 0.5) is 0 Å². The van der Waals surface area contributed by atoms with Gasteiger partial charge in [0.1, 0.15) is 5.75 Å². The second kappa shape index (κ2) is 6.86. The fourth-order valence-corrected chi connectivity index (χ4v) is 2.56. The molecule has 0 aliphatic carbocycles. The van der Waals surface area contributed by atoms with Gasteiger partial charge in [-0.3, -0.25) is 0 Å². The van der Waals surface area contributed by atoms with Crippen molar-refractivity contribution in [1.29, 1.82) is 0 Å². The number of esters is 1. The van der Waals surface area contributed by atoms with Crippen molar-refractivity contribution in [3.63, 3.8) is 0 Å². The molecule has 0 aliphatic rings. The normalized spacial score (nSPS) is 11.0. The van der Waals surface area contributed by atoms with Crippen molar-refractivity contribution in [2.45, 2.75) is 0 Å². The molecule has 3 aromatic rings. The first kappa shape index (κ1) is 15.6. The van der Waals surface area contributed by atoms with Crippen molar-refractivity contribution >= 4 is 46.0 Å². The first-order valence-corrected chi connectivity index (χ1v) is 7.72. The molecule has 3 rings (SSSR count). The van der Waals surface area contributed by atoms with Crippen molar-refractivity contribution in [1.82, 2.24) is 0 Å². The Bertz CT molecular complexity index is 884. The van der Waals surface area contributed by atoms with Crippen LogP contribution in [0, 0.1) is 0 Å². The summed E-state index contributed by atoms with van der Waals surface area (Å²) < 4.78 is 5.42. The summed E-state index contributed by atoms with van der Waals surface area (Å²) in [5.74, 6) is 0.0307. The van der Waals surface area contributed by atoms with Crippen LogP contribution < -0.4 is 4.74 Å². The predicted octanol–water partition coefficient (Wildman–Crippen LogP) is 5.77. The number of hydrogen-bond acceptors (Lipinski definition) is 2. The van der Waals surface area contributed by atoms with Crippen LogP contribution in [0.25, 0.3) is 16.8 Å². The predicted molar refractivity (Wildman–Crippen MR) is 95.1 cm³/mol. The number of rotatable bonds is 3. The van der Waals surface area contributed by atoms with E-state index in [9.17, 15) is 4.79 Å². The highest BCUT2D eigenvalue weighted by atomic mass is 35.5. The minimum Gasteiger partial charge on any atom is -0.423 e. The van der Waals surface area contributed by atoms with Gasteiger partial charge < -0.3 is 4.74 Å². The van der Waals surface area contributed by atoms with E-state index >= 15 is 0 Å². The van der Waals surface area contributed by atoms with Crippen LogP contribution in [0.15, 0.2) is 66.7 Å². The Morgan fingerprint density at radius 3 is 2.30 bits per heavy atom. The lowest BCUT2D eigenvalue weighted by Crippen LogP contribution is -2.04. The van der Waals surface area contributed by atoms with E-state index in [2.05, 4.69) is 0 Å². The Morgan fingerprint density at radius 2 is 1.57 bits per heavy atom. The molecule has 3 aromatic carbocycles. The van der Waals surface area contributed by atoms with E-state index in [1.807, 2.05) is 36.4 Å². The summed E-state index contributed by atoms with van der Waals surface area (Å²) >= 11 is 12.0. The van der Waals surface area contributed by atoms with Crippen molar-refractivity contribution < 1.29 is 9.53 Å². The summed E-state index contributed by atoms with van der Waals surface area (Å²) in [6.45, 7) is 0. The molecule has 0 fully saturated rings. The van der Waals surface area contributed by atoms with E-state index in [0.29, 0.717) is 15.8 Å². The van der Waals surface area contributed by atoms with Crippen molar-refractivity contribution in [3.8, 4) is 5.75 Å². The number of halogens is 2. The number of carbonyl (C=O) groups is 1. The molecule has 0 unspecified atom stereocenters. The van der Waals surface area contributed by atoms with Gasteiger partial charge in [0.25, 0.3) is 0 Å². The van der Waals surface area contributed by atoms with E-state index in [4.69, 9.17) is 27.9 Å². The van der Waals surface area contributed by atoms with Crippen molar-refractivity contribution in [3.05, 3.63) is 82.3 Å². The summed E-state index contributed by atoms with van der Waals surface area (Å²) in [5.41, 5.74) is 0.868. The van der Waals surface area contributed by atoms with Gasteiger partial charge in [-0.05, 0) is 35.9 Å². The number of benzene rings is 3. The molecule has 0 aliphatic heterocycles. The molecule has 0 saturated heterocycles. The number of ether oxygens (including phenoxy) is 1. The van der Waals surface area contributed by atoms with E-state index in [1.54, 1.807) is 30.3 Å². The van der Waals surface area contributed by atoms with Crippen LogP contribution in [-0.2, 0) is 4.79 Å². The maximum absolute atomic E-state index is 12.0. The van der Waals surface area contributed by atoms with Gasteiger partial charge >= 0.3 is 5.97 Å². The molecule has 0 amide bonds. The van der Waals surface area contributed by atoms with Gasteiger partial charge in [0.05, 0.1) is 0 Å². The smallest absolute Gasteiger partial charge is 0.336 e. The van der Waals surface area contributed by atoms with Gasteiger partial charge in [0, 0.05) is 26.9 Å². The first-order valence-electron chi connectivity index (χ1n) is 6.96. The molecule has 0 spiro atoms. The van der Waals surface area contributed by atoms with Gasteiger partial charge in [-0.2, -0.15) is 0 Å².